The standard InChI is InChI=1S/C25H18BrFN4O2/c1-32-18-9-4-15(5-10-18)24-21-22(19-12-17(27)8-11-20(19)33-24)30-25-28-13-29-31(25)23(21)14-2-6-16(26)7-3-14/h2-13,23-24H,1H3,(H,28,29,30)/t23-,24+/m1/s1. The molecule has 0 fully saturated rings. The van der Waals surface area contributed by atoms with Crippen LogP contribution in [0.15, 0.2) is 83.1 Å². The second-order valence-electron chi connectivity index (χ2n) is 7.85. The predicted octanol–water partition coefficient (Wildman–Crippen LogP) is 5.75. The van der Waals surface area contributed by atoms with E-state index in [-0.39, 0.29) is 11.9 Å². The highest BCUT2D eigenvalue weighted by atomic mass is 79.9. The molecule has 0 unspecified atom stereocenters. The minimum Gasteiger partial charge on any atom is -0.497 e. The zero-order valence-corrected chi connectivity index (χ0v) is 19.1. The van der Waals surface area contributed by atoms with Gasteiger partial charge in [-0.25, -0.2) is 9.07 Å². The zero-order valence-electron chi connectivity index (χ0n) is 17.5. The summed E-state index contributed by atoms with van der Waals surface area (Å²) in [6.07, 6.45) is 1.09. The van der Waals surface area contributed by atoms with Crippen LogP contribution in [0.25, 0.3) is 5.70 Å². The number of anilines is 1. The molecule has 0 spiro atoms. The van der Waals surface area contributed by atoms with Gasteiger partial charge in [-0.3, -0.25) is 0 Å². The number of benzene rings is 3. The summed E-state index contributed by atoms with van der Waals surface area (Å²) in [7, 11) is 1.64. The Morgan fingerprint density at radius 3 is 2.55 bits per heavy atom. The molecule has 1 aromatic heterocycles. The highest BCUT2D eigenvalue weighted by Gasteiger charge is 2.41. The smallest absolute Gasteiger partial charge is 0.226 e. The van der Waals surface area contributed by atoms with Gasteiger partial charge in [-0.05, 0) is 53.6 Å². The average molecular weight is 505 g/mol. The van der Waals surface area contributed by atoms with Crippen LogP contribution in [0.2, 0.25) is 0 Å². The van der Waals surface area contributed by atoms with Gasteiger partial charge in [-0.1, -0.05) is 40.2 Å². The maximum absolute atomic E-state index is 14.3. The Morgan fingerprint density at radius 1 is 1.03 bits per heavy atom. The molecule has 2 aliphatic heterocycles. The molecule has 164 valence electrons. The quantitative estimate of drug-likeness (QED) is 0.385. The van der Waals surface area contributed by atoms with Gasteiger partial charge in [0, 0.05) is 15.6 Å². The third kappa shape index (κ3) is 3.29. The maximum atomic E-state index is 14.3. The fraction of sp³-hybridized carbons (Fsp3) is 0.120. The van der Waals surface area contributed by atoms with Gasteiger partial charge in [0.1, 0.15) is 35.8 Å². The molecule has 3 heterocycles. The van der Waals surface area contributed by atoms with Gasteiger partial charge >= 0.3 is 0 Å². The molecule has 0 amide bonds. The maximum Gasteiger partial charge on any atom is 0.226 e. The summed E-state index contributed by atoms with van der Waals surface area (Å²) < 4.78 is 29.0. The van der Waals surface area contributed by atoms with Crippen molar-refractivity contribution in [3.63, 3.8) is 0 Å². The Bertz CT molecular complexity index is 1380. The summed E-state index contributed by atoms with van der Waals surface area (Å²) in [6, 6.07) is 20.1. The van der Waals surface area contributed by atoms with Crippen LogP contribution in [0.5, 0.6) is 11.5 Å². The second-order valence-corrected chi connectivity index (χ2v) is 8.76. The van der Waals surface area contributed by atoms with Crippen LogP contribution in [0.1, 0.15) is 28.8 Å². The molecule has 0 saturated carbocycles. The lowest BCUT2D eigenvalue weighted by molar-refractivity contribution is 0.222. The minimum atomic E-state index is -0.428. The molecule has 1 N–H and O–H groups in total. The molecule has 6 rings (SSSR count). The van der Waals surface area contributed by atoms with Crippen molar-refractivity contribution in [2.45, 2.75) is 12.1 Å². The van der Waals surface area contributed by atoms with Crippen LogP contribution in [0, 0.1) is 5.82 Å². The molecule has 2 atom stereocenters. The first-order valence-electron chi connectivity index (χ1n) is 10.4. The van der Waals surface area contributed by atoms with Gasteiger partial charge in [-0.2, -0.15) is 10.1 Å². The van der Waals surface area contributed by atoms with Crippen molar-refractivity contribution >= 4 is 27.6 Å². The topological polar surface area (TPSA) is 61.2 Å². The highest BCUT2D eigenvalue weighted by Crippen LogP contribution is 2.50. The first-order chi connectivity index (χ1) is 16.1. The number of fused-ring (bicyclic) bond motifs is 3. The summed E-state index contributed by atoms with van der Waals surface area (Å²) >= 11 is 3.52. The lowest BCUT2D eigenvalue weighted by Crippen LogP contribution is -2.32. The number of halogens is 2. The third-order valence-corrected chi connectivity index (χ3v) is 6.51. The normalized spacial score (nSPS) is 18.5. The molecule has 33 heavy (non-hydrogen) atoms. The Balaban J connectivity index is 1.61. The van der Waals surface area contributed by atoms with Gasteiger partial charge in [0.15, 0.2) is 0 Å². The Morgan fingerprint density at radius 2 is 1.79 bits per heavy atom. The number of nitrogens with zero attached hydrogens (tertiary/aromatic N) is 3. The number of methoxy groups -OCH3 is 1. The predicted molar refractivity (Wildman–Crippen MR) is 126 cm³/mol. The summed E-state index contributed by atoms with van der Waals surface area (Å²) in [5.41, 5.74) is 4.33. The number of hydrogen-bond donors (Lipinski definition) is 1. The van der Waals surface area contributed by atoms with Gasteiger partial charge in [0.05, 0.1) is 12.8 Å². The van der Waals surface area contributed by atoms with Gasteiger partial charge < -0.3 is 14.8 Å². The molecular formula is C25H18BrFN4O2. The first-order valence-corrected chi connectivity index (χ1v) is 11.2. The summed E-state index contributed by atoms with van der Waals surface area (Å²) in [6.45, 7) is 0. The Labute approximate surface area is 197 Å². The molecule has 0 saturated heterocycles. The van der Waals surface area contributed by atoms with Crippen LogP contribution in [0.3, 0.4) is 0 Å². The van der Waals surface area contributed by atoms with E-state index in [9.17, 15) is 4.39 Å². The fourth-order valence-electron chi connectivity index (χ4n) is 4.46. The number of nitrogens with one attached hydrogen (secondary N) is 1. The van der Waals surface area contributed by atoms with Crippen molar-refractivity contribution in [3.05, 3.63) is 106 Å². The SMILES string of the molecule is COc1ccc([C@@H]2Oc3ccc(F)cc3C3=C2[C@@H](c2ccc(Br)cc2)n2ncnc2N3)cc1. The van der Waals surface area contributed by atoms with Gasteiger partial charge in [0.25, 0.3) is 0 Å². The molecule has 0 radical (unpaired) electrons. The monoisotopic (exact) mass is 504 g/mol. The van der Waals surface area contributed by atoms with E-state index in [4.69, 9.17) is 9.47 Å². The van der Waals surface area contributed by atoms with Crippen molar-refractivity contribution in [1.82, 2.24) is 14.8 Å². The molecule has 0 aliphatic carbocycles. The molecule has 4 aromatic rings. The van der Waals surface area contributed by atoms with Crippen LogP contribution < -0.4 is 14.8 Å². The molecule has 8 heteroatoms. The van der Waals surface area contributed by atoms with Gasteiger partial charge in [0.2, 0.25) is 5.95 Å². The van der Waals surface area contributed by atoms with E-state index in [0.717, 1.165) is 32.6 Å². The number of ether oxygens (including phenoxy) is 2. The van der Waals surface area contributed by atoms with Crippen molar-refractivity contribution in [2.75, 3.05) is 12.4 Å². The Hall–Kier alpha value is -3.65. The number of aromatic nitrogens is 3. The van der Waals surface area contributed by atoms with Crippen LogP contribution in [0.4, 0.5) is 10.3 Å². The second kappa shape index (κ2) is 7.74. The first kappa shape index (κ1) is 20.0. The summed E-state index contributed by atoms with van der Waals surface area (Å²) in [5, 5.41) is 7.89. The van der Waals surface area contributed by atoms with Gasteiger partial charge in [-0.15, -0.1) is 0 Å². The average Bonchev–Trinajstić information content (AvgIpc) is 3.31. The van der Waals surface area contributed by atoms with Crippen LogP contribution >= 0.6 is 15.9 Å². The van der Waals surface area contributed by atoms with E-state index in [1.165, 1.54) is 18.5 Å². The van der Waals surface area contributed by atoms with Crippen LogP contribution in [-0.2, 0) is 0 Å². The van der Waals surface area contributed by atoms with E-state index >= 15 is 0 Å². The third-order valence-electron chi connectivity index (χ3n) is 5.98. The van der Waals surface area contributed by atoms with E-state index in [1.54, 1.807) is 13.2 Å². The lowest BCUT2D eigenvalue weighted by atomic mass is 9.84. The molecular weight excluding hydrogens is 487 g/mol. The number of rotatable bonds is 3. The summed E-state index contributed by atoms with van der Waals surface area (Å²) in [4.78, 5) is 4.40. The number of hydrogen-bond acceptors (Lipinski definition) is 5. The molecule has 6 nitrogen and oxygen atoms in total. The molecule has 0 bridgehead atoms. The Kier molecular flexibility index (Phi) is 4.69. The van der Waals surface area contributed by atoms with Crippen molar-refractivity contribution in [3.8, 4) is 11.5 Å². The van der Waals surface area contributed by atoms with E-state index in [0.29, 0.717) is 17.3 Å². The van der Waals surface area contributed by atoms with Crippen molar-refractivity contribution in [2.24, 2.45) is 0 Å². The molecule has 3 aromatic carbocycles. The van der Waals surface area contributed by atoms with Crippen LogP contribution in [-0.4, -0.2) is 21.9 Å². The van der Waals surface area contributed by atoms with Crippen molar-refractivity contribution in [1.29, 1.82) is 0 Å². The molecule has 2 aliphatic rings. The van der Waals surface area contributed by atoms with E-state index in [2.05, 4.69) is 31.3 Å². The largest absolute Gasteiger partial charge is 0.497 e. The zero-order chi connectivity index (χ0) is 22.5. The van der Waals surface area contributed by atoms with E-state index < -0.39 is 6.10 Å². The lowest BCUT2D eigenvalue weighted by Gasteiger charge is -2.39. The minimum absolute atomic E-state index is 0.296. The highest BCUT2D eigenvalue weighted by molar-refractivity contribution is 9.10. The summed E-state index contributed by atoms with van der Waals surface area (Å²) in [5.74, 6) is 1.62. The van der Waals surface area contributed by atoms with Crippen molar-refractivity contribution < 1.29 is 13.9 Å². The fourth-order valence-corrected chi connectivity index (χ4v) is 4.73. The van der Waals surface area contributed by atoms with E-state index in [1.807, 2.05) is 53.2 Å².